The molecule has 0 amide bonds. The molecule has 100 valence electrons. The Bertz CT molecular complexity index is 363. The van der Waals surface area contributed by atoms with Crippen LogP contribution < -0.4 is 0 Å². The van der Waals surface area contributed by atoms with Crippen molar-refractivity contribution in [1.29, 1.82) is 0 Å². The van der Waals surface area contributed by atoms with Crippen molar-refractivity contribution in [2.75, 3.05) is 13.2 Å². The number of aliphatic hydroxyl groups is 1. The van der Waals surface area contributed by atoms with Gasteiger partial charge in [-0.05, 0) is 19.4 Å². The molecular formula is C14H20O4. The molecule has 1 aromatic carbocycles. The van der Waals surface area contributed by atoms with Gasteiger partial charge in [-0.15, -0.1) is 0 Å². The lowest BCUT2D eigenvalue weighted by atomic mass is 10.2. The van der Waals surface area contributed by atoms with Crippen LogP contribution in [0.1, 0.15) is 19.4 Å². The first-order valence-corrected chi connectivity index (χ1v) is 6.19. The minimum atomic E-state index is -0.589. The third-order valence-electron chi connectivity index (χ3n) is 2.93. The van der Waals surface area contributed by atoms with E-state index in [0.717, 1.165) is 5.56 Å². The van der Waals surface area contributed by atoms with Gasteiger partial charge in [-0.2, -0.15) is 0 Å². The Morgan fingerprint density at radius 3 is 2.67 bits per heavy atom. The average molecular weight is 252 g/mol. The van der Waals surface area contributed by atoms with Crippen LogP contribution in [0.2, 0.25) is 0 Å². The highest BCUT2D eigenvalue weighted by Crippen LogP contribution is 2.25. The van der Waals surface area contributed by atoms with Crippen molar-refractivity contribution in [2.24, 2.45) is 0 Å². The van der Waals surface area contributed by atoms with Crippen LogP contribution in [0.25, 0.3) is 0 Å². The molecule has 1 aromatic rings. The highest BCUT2D eigenvalue weighted by atomic mass is 16.7. The number of hydrogen-bond acceptors (Lipinski definition) is 4. The number of ether oxygens (including phenoxy) is 3. The summed E-state index contributed by atoms with van der Waals surface area (Å²) in [6.45, 7) is 4.56. The van der Waals surface area contributed by atoms with Crippen molar-refractivity contribution < 1.29 is 19.3 Å². The second-order valence-corrected chi connectivity index (χ2v) is 4.88. The number of rotatable bonds is 5. The van der Waals surface area contributed by atoms with Crippen LogP contribution in [-0.2, 0) is 20.8 Å². The molecule has 1 saturated heterocycles. The molecule has 2 atom stereocenters. The maximum absolute atomic E-state index is 9.37. The van der Waals surface area contributed by atoms with Crippen LogP contribution in [0, 0.1) is 0 Å². The molecular weight excluding hydrogens is 232 g/mol. The fourth-order valence-electron chi connectivity index (χ4n) is 1.95. The molecule has 0 aliphatic carbocycles. The zero-order valence-corrected chi connectivity index (χ0v) is 10.8. The fraction of sp³-hybridized carbons (Fsp3) is 0.571. The van der Waals surface area contributed by atoms with Gasteiger partial charge in [-0.1, -0.05) is 30.3 Å². The van der Waals surface area contributed by atoms with Gasteiger partial charge in [0.25, 0.3) is 0 Å². The lowest BCUT2D eigenvalue weighted by molar-refractivity contribution is -0.162. The van der Waals surface area contributed by atoms with Crippen molar-refractivity contribution in [3.05, 3.63) is 35.9 Å². The van der Waals surface area contributed by atoms with Crippen LogP contribution in [0.5, 0.6) is 0 Å². The van der Waals surface area contributed by atoms with E-state index in [1.165, 1.54) is 0 Å². The van der Waals surface area contributed by atoms with E-state index < -0.39 is 5.79 Å². The second-order valence-electron chi connectivity index (χ2n) is 4.88. The van der Waals surface area contributed by atoms with Gasteiger partial charge >= 0.3 is 0 Å². The molecule has 18 heavy (non-hydrogen) atoms. The lowest BCUT2D eigenvalue weighted by Crippen LogP contribution is -2.35. The zero-order valence-electron chi connectivity index (χ0n) is 10.8. The smallest absolute Gasteiger partial charge is 0.163 e. The Hall–Kier alpha value is -0.940. The first kappa shape index (κ1) is 13.5. The number of aliphatic hydroxyl groups excluding tert-OH is 1. The largest absolute Gasteiger partial charge is 0.394 e. The Morgan fingerprint density at radius 1 is 1.39 bits per heavy atom. The molecule has 1 aliphatic heterocycles. The van der Waals surface area contributed by atoms with Crippen LogP contribution in [0.15, 0.2) is 30.3 Å². The zero-order chi connectivity index (χ0) is 13.0. The standard InChI is InChI=1S/C14H20O4/c1-14(2)17-10-13(18-14)12(8-15)16-9-11-6-4-3-5-7-11/h3-7,12-13,15H,8-10H2,1-2H3/t12-,13+/m0/s1. The number of benzene rings is 1. The first-order chi connectivity index (χ1) is 8.61. The van der Waals surface area contributed by atoms with Gasteiger partial charge in [0.2, 0.25) is 0 Å². The summed E-state index contributed by atoms with van der Waals surface area (Å²) in [5.74, 6) is -0.589. The average Bonchev–Trinajstić information content (AvgIpc) is 2.72. The molecule has 4 heteroatoms. The van der Waals surface area contributed by atoms with E-state index in [0.29, 0.717) is 13.2 Å². The molecule has 4 nitrogen and oxygen atoms in total. The van der Waals surface area contributed by atoms with E-state index >= 15 is 0 Å². The molecule has 1 heterocycles. The maximum atomic E-state index is 9.37. The summed E-state index contributed by atoms with van der Waals surface area (Å²) in [5.41, 5.74) is 1.08. The molecule has 0 unspecified atom stereocenters. The van der Waals surface area contributed by atoms with E-state index in [1.807, 2.05) is 44.2 Å². The molecule has 2 rings (SSSR count). The molecule has 1 aliphatic rings. The number of hydrogen-bond donors (Lipinski definition) is 1. The summed E-state index contributed by atoms with van der Waals surface area (Å²) in [7, 11) is 0. The Labute approximate surface area is 107 Å². The predicted octanol–water partition coefficient (Wildman–Crippen LogP) is 1.72. The normalized spacial score (nSPS) is 24.1. The third-order valence-corrected chi connectivity index (χ3v) is 2.93. The summed E-state index contributed by atoms with van der Waals surface area (Å²) in [6.07, 6.45) is -0.569. The van der Waals surface area contributed by atoms with E-state index in [4.69, 9.17) is 14.2 Å². The van der Waals surface area contributed by atoms with Gasteiger partial charge in [0.15, 0.2) is 5.79 Å². The quantitative estimate of drug-likeness (QED) is 0.866. The van der Waals surface area contributed by atoms with Crippen LogP contribution >= 0.6 is 0 Å². The van der Waals surface area contributed by atoms with Gasteiger partial charge in [0, 0.05) is 0 Å². The molecule has 0 saturated carbocycles. The molecule has 0 spiro atoms. The summed E-state index contributed by atoms with van der Waals surface area (Å²) in [6, 6.07) is 9.87. The Kier molecular flexibility index (Phi) is 4.35. The highest BCUT2D eigenvalue weighted by molar-refractivity contribution is 5.13. The minimum absolute atomic E-state index is 0.0725. The third kappa shape index (κ3) is 3.53. The van der Waals surface area contributed by atoms with Crippen LogP contribution in [-0.4, -0.2) is 36.3 Å². The molecule has 1 fully saturated rings. The van der Waals surface area contributed by atoms with E-state index in [-0.39, 0.29) is 18.8 Å². The molecule has 0 bridgehead atoms. The van der Waals surface area contributed by atoms with E-state index in [9.17, 15) is 5.11 Å². The van der Waals surface area contributed by atoms with Gasteiger partial charge in [-0.25, -0.2) is 0 Å². The highest BCUT2D eigenvalue weighted by Gasteiger charge is 2.37. The van der Waals surface area contributed by atoms with Crippen LogP contribution in [0.4, 0.5) is 0 Å². The van der Waals surface area contributed by atoms with Crippen molar-refractivity contribution in [2.45, 2.75) is 38.4 Å². The van der Waals surface area contributed by atoms with Crippen LogP contribution in [0.3, 0.4) is 0 Å². The summed E-state index contributed by atoms with van der Waals surface area (Å²) < 4.78 is 16.9. The van der Waals surface area contributed by atoms with Gasteiger partial charge in [-0.3, -0.25) is 0 Å². The topological polar surface area (TPSA) is 47.9 Å². The Balaban J connectivity index is 1.87. The summed E-state index contributed by atoms with van der Waals surface area (Å²) in [5, 5.41) is 9.37. The molecule has 0 aromatic heterocycles. The monoisotopic (exact) mass is 252 g/mol. The van der Waals surface area contributed by atoms with Crippen molar-refractivity contribution >= 4 is 0 Å². The fourth-order valence-corrected chi connectivity index (χ4v) is 1.95. The first-order valence-electron chi connectivity index (χ1n) is 6.19. The predicted molar refractivity (Wildman–Crippen MR) is 67.0 cm³/mol. The maximum Gasteiger partial charge on any atom is 0.163 e. The van der Waals surface area contributed by atoms with Crippen molar-refractivity contribution in [3.8, 4) is 0 Å². The molecule has 1 N–H and O–H groups in total. The lowest BCUT2D eigenvalue weighted by Gasteiger charge is -2.23. The van der Waals surface area contributed by atoms with Gasteiger partial charge in [0.1, 0.15) is 12.2 Å². The SMILES string of the molecule is CC1(C)OC[C@H]([C@H](CO)OCc2ccccc2)O1. The van der Waals surface area contributed by atoms with Gasteiger partial charge < -0.3 is 19.3 Å². The van der Waals surface area contributed by atoms with Gasteiger partial charge in [0.05, 0.1) is 19.8 Å². The summed E-state index contributed by atoms with van der Waals surface area (Å²) >= 11 is 0. The van der Waals surface area contributed by atoms with E-state index in [2.05, 4.69) is 0 Å². The summed E-state index contributed by atoms with van der Waals surface area (Å²) in [4.78, 5) is 0. The second kappa shape index (κ2) is 5.80. The Morgan fingerprint density at radius 2 is 2.11 bits per heavy atom. The minimum Gasteiger partial charge on any atom is -0.394 e. The molecule has 0 radical (unpaired) electrons. The van der Waals surface area contributed by atoms with Crippen molar-refractivity contribution in [3.63, 3.8) is 0 Å². The van der Waals surface area contributed by atoms with E-state index in [1.54, 1.807) is 0 Å². The van der Waals surface area contributed by atoms with Crippen molar-refractivity contribution in [1.82, 2.24) is 0 Å².